The molecule has 0 saturated heterocycles. The summed E-state index contributed by atoms with van der Waals surface area (Å²) in [5.41, 5.74) is 9.22. The van der Waals surface area contributed by atoms with Crippen molar-refractivity contribution in [3.63, 3.8) is 0 Å². The van der Waals surface area contributed by atoms with Gasteiger partial charge in [-0.3, -0.25) is 4.52 Å². The SMILES string of the molecule is Cc1ncc(C[n+]2csc(CCOP(=O)(O)OP(=O)(O)OP(=O)(O)O)c2C)c(N)n1.Cl.[Cl-]. The van der Waals surface area contributed by atoms with E-state index >= 15 is 0 Å². The average molecular weight is 577 g/mol. The molecule has 0 fully saturated rings. The molecule has 0 saturated carbocycles. The molecule has 0 amide bonds. The van der Waals surface area contributed by atoms with E-state index in [9.17, 15) is 18.6 Å². The highest BCUT2D eigenvalue weighted by atomic mass is 35.5. The molecule has 20 heteroatoms. The van der Waals surface area contributed by atoms with Gasteiger partial charge in [0.15, 0.2) is 12.2 Å². The highest BCUT2D eigenvalue weighted by molar-refractivity contribution is 7.66. The van der Waals surface area contributed by atoms with Crippen molar-refractivity contribution in [3.8, 4) is 0 Å². The Morgan fingerprint density at radius 2 is 1.75 bits per heavy atom. The van der Waals surface area contributed by atoms with Gasteiger partial charge in [0.2, 0.25) is 5.51 Å². The van der Waals surface area contributed by atoms with Crippen LogP contribution < -0.4 is 22.7 Å². The molecule has 0 radical (unpaired) electrons. The summed E-state index contributed by atoms with van der Waals surface area (Å²) in [4.78, 5) is 44.5. The van der Waals surface area contributed by atoms with Gasteiger partial charge in [0, 0.05) is 19.5 Å². The molecule has 0 aliphatic carbocycles. The summed E-state index contributed by atoms with van der Waals surface area (Å²) in [6.45, 7) is 3.55. The molecule has 2 rings (SSSR count). The Bertz CT molecular complexity index is 1070. The molecule has 184 valence electrons. The summed E-state index contributed by atoms with van der Waals surface area (Å²) in [5, 5.41) is 0. The molecule has 6 N–H and O–H groups in total. The summed E-state index contributed by atoms with van der Waals surface area (Å²) in [6, 6.07) is 0. The second-order valence-electron chi connectivity index (χ2n) is 5.86. The largest absolute Gasteiger partial charge is 1.00 e. The maximum absolute atomic E-state index is 11.7. The van der Waals surface area contributed by atoms with Crippen molar-refractivity contribution in [1.29, 1.82) is 0 Å². The molecule has 0 aliphatic heterocycles. The van der Waals surface area contributed by atoms with Crippen molar-refractivity contribution >= 4 is 53.0 Å². The van der Waals surface area contributed by atoms with Gasteiger partial charge in [-0.25, -0.2) is 23.7 Å². The highest BCUT2D eigenvalue weighted by Gasteiger charge is 2.40. The monoisotopic (exact) mass is 576 g/mol. The molecule has 2 aromatic rings. The lowest BCUT2D eigenvalue weighted by molar-refractivity contribution is -0.689. The lowest BCUT2D eigenvalue weighted by Gasteiger charge is -2.15. The van der Waals surface area contributed by atoms with E-state index in [1.54, 1.807) is 18.6 Å². The molecule has 2 heterocycles. The van der Waals surface area contributed by atoms with Crippen molar-refractivity contribution in [2.24, 2.45) is 0 Å². The summed E-state index contributed by atoms with van der Waals surface area (Å²) in [6.07, 6.45) is 1.77. The smallest absolute Gasteiger partial charge is 0.490 e. The Balaban J connectivity index is 0.00000480. The van der Waals surface area contributed by atoms with Gasteiger partial charge in [-0.05, 0) is 6.92 Å². The highest BCUT2D eigenvalue weighted by Crippen LogP contribution is 2.66. The van der Waals surface area contributed by atoms with E-state index in [1.807, 2.05) is 11.5 Å². The fourth-order valence-electron chi connectivity index (χ4n) is 2.22. The molecule has 2 aromatic heterocycles. The number of aryl methyl sites for hydroxylation is 1. The van der Waals surface area contributed by atoms with Crippen LogP contribution in [0.5, 0.6) is 0 Å². The van der Waals surface area contributed by atoms with Gasteiger partial charge in [0.1, 0.15) is 11.6 Å². The molecule has 2 unspecified atom stereocenters. The van der Waals surface area contributed by atoms with Crippen molar-refractivity contribution in [2.75, 3.05) is 12.3 Å². The van der Waals surface area contributed by atoms with Crippen LogP contribution in [0, 0.1) is 13.8 Å². The molecule has 0 aromatic carbocycles. The van der Waals surface area contributed by atoms with Crippen molar-refractivity contribution in [2.45, 2.75) is 26.8 Å². The van der Waals surface area contributed by atoms with Crippen LogP contribution in [-0.4, -0.2) is 36.1 Å². The van der Waals surface area contributed by atoms with Crippen LogP contribution in [0.3, 0.4) is 0 Å². The number of hydrogen-bond acceptors (Lipinski definition) is 10. The topological polar surface area (TPSA) is 216 Å². The lowest BCUT2D eigenvalue weighted by atomic mass is 10.2. The number of nitrogen functional groups attached to an aromatic ring is 1. The minimum Gasteiger partial charge on any atom is -1.00 e. The Kier molecular flexibility index (Phi) is 12.1. The zero-order chi connectivity index (χ0) is 22.7. The van der Waals surface area contributed by atoms with Crippen LogP contribution in [0.2, 0.25) is 0 Å². The molecular formula is C12H21Cl2N4O10P3S. The minimum absolute atomic E-state index is 0. The Morgan fingerprint density at radius 1 is 1.12 bits per heavy atom. The molecule has 14 nitrogen and oxygen atoms in total. The number of hydrogen-bond donors (Lipinski definition) is 5. The van der Waals surface area contributed by atoms with Gasteiger partial charge in [-0.1, -0.05) is 11.3 Å². The molecule has 32 heavy (non-hydrogen) atoms. The lowest BCUT2D eigenvalue weighted by Crippen LogP contribution is -3.00. The van der Waals surface area contributed by atoms with Crippen molar-refractivity contribution in [1.82, 2.24) is 9.97 Å². The molecule has 0 bridgehead atoms. The van der Waals surface area contributed by atoms with E-state index in [2.05, 4.69) is 23.1 Å². The number of nitrogens with zero attached hydrogens (tertiary/aromatic N) is 3. The maximum Gasteiger partial charge on any atom is 0.490 e. The first-order valence-corrected chi connectivity index (χ1v) is 13.4. The van der Waals surface area contributed by atoms with Crippen LogP contribution in [0.15, 0.2) is 11.7 Å². The molecule has 2 atom stereocenters. The van der Waals surface area contributed by atoms with E-state index in [0.717, 1.165) is 10.6 Å². The third-order valence-electron chi connectivity index (χ3n) is 3.52. The van der Waals surface area contributed by atoms with Crippen molar-refractivity contribution < 1.29 is 63.4 Å². The predicted molar refractivity (Wildman–Crippen MR) is 110 cm³/mol. The van der Waals surface area contributed by atoms with Crippen LogP contribution >= 0.6 is 47.2 Å². The summed E-state index contributed by atoms with van der Waals surface area (Å²) in [5.74, 6) is 0.908. The first kappa shape index (κ1) is 31.5. The minimum atomic E-state index is -5.53. The number of anilines is 1. The third kappa shape index (κ3) is 10.2. The van der Waals surface area contributed by atoms with Gasteiger partial charge < -0.3 is 37.7 Å². The van der Waals surface area contributed by atoms with E-state index in [4.69, 9.17) is 20.4 Å². The number of halogens is 2. The quantitative estimate of drug-likeness (QED) is 0.159. The van der Waals surface area contributed by atoms with Gasteiger partial charge in [-0.15, -0.1) is 12.4 Å². The molecule has 0 spiro atoms. The van der Waals surface area contributed by atoms with Crippen LogP contribution in [0.25, 0.3) is 0 Å². The Morgan fingerprint density at radius 3 is 2.31 bits per heavy atom. The summed E-state index contributed by atoms with van der Waals surface area (Å²) < 4.78 is 47.4. The van der Waals surface area contributed by atoms with Crippen LogP contribution in [-0.2, 0) is 39.8 Å². The van der Waals surface area contributed by atoms with Crippen LogP contribution in [0.1, 0.15) is 22.0 Å². The third-order valence-corrected chi connectivity index (χ3v) is 8.50. The van der Waals surface area contributed by atoms with Gasteiger partial charge in [-0.2, -0.15) is 13.2 Å². The summed E-state index contributed by atoms with van der Waals surface area (Å²) >= 11 is 1.33. The first-order chi connectivity index (χ1) is 13.7. The van der Waals surface area contributed by atoms with Crippen LogP contribution in [0.4, 0.5) is 5.82 Å². The number of thiazole rings is 1. The number of rotatable bonds is 10. The van der Waals surface area contributed by atoms with E-state index in [1.165, 1.54) is 11.3 Å². The normalized spacial score (nSPS) is 15.2. The van der Waals surface area contributed by atoms with Gasteiger partial charge in [0.25, 0.3) is 0 Å². The van der Waals surface area contributed by atoms with E-state index in [0.29, 0.717) is 23.8 Å². The van der Waals surface area contributed by atoms with E-state index in [-0.39, 0.29) is 37.8 Å². The standard InChI is InChI=1S/C12H19N4O10P3S.2ClH/c1-8-11(30-7-16(8)6-10-5-14-9(2)15-12(10)13)3-4-24-28(20,21)26-29(22,23)25-27(17,18)19;;/h5,7H,3-4,6H2,1-2H3,(H5-,13,14,15,17,18,19,20,21,22,23);2*1H. The number of phosphoric acid groups is 3. The van der Waals surface area contributed by atoms with Crippen molar-refractivity contribution in [3.05, 3.63) is 33.7 Å². The second-order valence-corrected chi connectivity index (χ2v) is 11.2. The Hall–Kier alpha value is -0.500. The first-order valence-electron chi connectivity index (χ1n) is 8.00. The Labute approximate surface area is 199 Å². The zero-order valence-electron chi connectivity index (χ0n) is 16.5. The maximum atomic E-state index is 11.7. The predicted octanol–water partition coefficient (Wildman–Crippen LogP) is -1.62. The fraction of sp³-hybridized carbons (Fsp3) is 0.417. The average Bonchev–Trinajstić information content (AvgIpc) is 2.87. The number of aromatic nitrogens is 3. The fourth-order valence-corrected chi connectivity index (χ4v) is 6.21. The van der Waals surface area contributed by atoms with Gasteiger partial charge >= 0.3 is 23.5 Å². The zero-order valence-corrected chi connectivity index (χ0v) is 21.5. The summed E-state index contributed by atoms with van der Waals surface area (Å²) in [7, 11) is -16.1. The second kappa shape index (κ2) is 12.3. The number of nitrogens with two attached hydrogens (primary N) is 1. The van der Waals surface area contributed by atoms with E-state index < -0.39 is 23.5 Å². The molecule has 0 aliphatic rings. The van der Waals surface area contributed by atoms with Gasteiger partial charge in [0.05, 0.1) is 17.0 Å². The number of phosphoric ester groups is 1. The molecular weight excluding hydrogens is 556 g/mol.